The monoisotopic (exact) mass is 434 g/mol. The molecule has 0 unspecified atom stereocenters. The molecule has 1 aliphatic rings. The van der Waals surface area contributed by atoms with Crippen molar-refractivity contribution in [2.45, 2.75) is 26.2 Å². The number of rotatable bonds is 5. The molecule has 0 bridgehead atoms. The number of aromatic nitrogens is 3. The number of anilines is 2. The Labute approximate surface area is 181 Å². The third-order valence-corrected chi connectivity index (χ3v) is 5.06. The van der Waals surface area contributed by atoms with E-state index in [2.05, 4.69) is 15.6 Å². The first-order chi connectivity index (χ1) is 15.3. The number of imide groups is 1. The summed E-state index contributed by atoms with van der Waals surface area (Å²) in [4.78, 5) is 48.4. The summed E-state index contributed by atoms with van der Waals surface area (Å²) in [6.45, 7) is 1.63. The number of carbonyl (C=O) groups is 3. The fourth-order valence-corrected chi connectivity index (χ4v) is 3.45. The molecule has 1 saturated heterocycles. The van der Waals surface area contributed by atoms with Crippen LogP contribution in [0.15, 0.2) is 48.5 Å². The second-order valence-electron chi connectivity index (χ2n) is 7.19. The van der Waals surface area contributed by atoms with Gasteiger partial charge in [0.05, 0.1) is 22.0 Å². The Hall–Kier alpha value is -4.41. The van der Waals surface area contributed by atoms with Crippen molar-refractivity contribution < 1.29 is 19.3 Å². The fraction of sp³-hybridized carbons (Fsp3) is 0.190. The van der Waals surface area contributed by atoms with Crippen LogP contribution < -0.4 is 10.2 Å². The van der Waals surface area contributed by atoms with Gasteiger partial charge in [-0.25, -0.2) is 4.68 Å². The third kappa shape index (κ3) is 3.95. The van der Waals surface area contributed by atoms with Crippen molar-refractivity contribution in [2.24, 2.45) is 0 Å². The number of nitrogens with one attached hydrogen (secondary N) is 1. The van der Waals surface area contributed by atoms with E-state index in [1.807, 2.05) is 0 Å². The number of piperidine rings is 1. The van der Waals surface area contributed by atoms with Crippen LogP contribution in [0, 0.1) is 17.0 Å². The molecule has 0 atom stereocenters. The van der Waals surface area contributed by atoms with Crippen molar-refractivity contribution in [1.29, 1.82) is 0 Å². The van der Waals surface area contributed by atoms with Gasteiger partial charge in [-0.05, 0) is 43.7 Å². The molecule has 2 heterocycles. The highest BCUT2D eigenvalue weighted by Gasteiger charge is 2.27. The quantitative estimate of drug-likeness (QED) is 0.370. The van der Waals surface area contributed by atoms with Gasteiger partial charge < -0.3 is 5.32 Å². The van der Waals surface area contributed by atoms with Crippen LogP contribution in [-0.4, -0.2) is 37.6 Å². The number of nitro benzene ring substituents is 1. The summed E-state index contributed by atoms with van der Waals surface area (Å²) < 4.78 is 1.35. The minimum atomic E-state index is -0.517. The SMILES string of the molecule is Cc1c(C(=O)Nc2ccc(N3C(=O)CCCC3=O)cc2)nnn1-c1cccc([N+](=O)[O-])c1. The summed E-state index contributed by atoms with van der Waals surface area (Å²) >= 11 is 0. The van der Waals surface area contributed by atoms with Crippen molar-refractivity contribution in [3.8, 4) is 5.69 Å². The number of hydrogen-bond donors (Lipinski definition) is 1. The molecule has 0 radical (unpaired) electrons. The van der Waals surface area contributed by atoms with E-state index in [0.29, 0.717) is 42.0 Å². The molecule has 1 aliphatic heterocycles. The van der Waals surface area contributed by atoms with Crippen LogP contribution in [0.25, 0.3) is 5.69 Å². The molecular formula is C21H18N6O5. The summed E-state index contributed by atoms with van der Waals surface area (Å²) in [5.74, 6) is -1.00. The van der Waals surface area contributed by atoms with Gasteiger partial charge >= 0.3 is 0 Å². The van der Waals surface area contributed by atoms with Crippen LogP contribution in [0.2, 0.25) is 0 Å². The van der Waals surface area contributed by atoms with Gasteiger partial charge in [-0.1, -0.05) is 11.3 Å². The minimum absolute atomic E-state index is 0.0574. The second-order valence-corrected chi connectivity index (χ2v) is 7.19. The molecule has 162 valence electrons. The highest BCUT2D eigenvalue weighted by atomic mass is 16.6. The van der Waals surface area contributed by atoms with Crippen molar-refractivity contribution in [1.82, 2.24) is 15.0 Å². The van der Waals surface area contributed by atoms with Gasteiger partial charge in [-0.2, -0.15) is 0 Å². The lowest BCUT2D eigenvalue weighted by Gasteiger charge is -2.24. The Kier molecular flexibility index (Phi) is 5.46. The summed E-state index contributed by atoms with van der Waals surface area (Å²) in [5, 5.41) is 21.5. The van der Waals surface area contributed by atoms with Crippen LogP contribution in [0.3, 0.4) is 0 Å². The first kappa shape index (κ1) is 20.8. The first-order valence-corrected chi connectivity index (χ1v) is 9.79. The zero-order valence-corrected chi connectivity index (χ0v) is 17.0. The van der Waals surface area contributed by atoms with E-state index in [1.165, 1.54) is 22.9 Å². The molecular weight excluding hydrogens is 416 g/mol. The lowest BCUT2D eigenvalue weighted by molar-refractivity contribution is -0.384. The normalized spacial score (nSPS) is 13.8. The third-order valence-electron chi connectivity index (χ3n) is 5.06. The van der Waals surface area contributed by atoms with Crippen LogP contribution in [-0.2, 0) is 9.59 Å². The number of benzene rings is 2. The predicted octanol–water partition coefficient (Wildman–Crippen LogP) is 2.78. The Bertz CT molecular complexity index is 1220. The van der Waals surface area contributed by atoms with Gasteiger partial charge in [0.15, 0.2) is 5.69 Å². The van der Waals surface area contributed by atoms with Crippen LogP contribution in [0.4, 0.5) is 17.1 Å². The zero-order valence-electron chi connectivity index (χ0n) is 17.0. The average Bonchev–Trinajstić information content (AvgIpc) is 3.16. The zero-order chi connectivity index (χ0) is 22.8. The largest absolute Gasteiger partial charge is 0.321 e. The topological polar surface area (TPSA) is 140 Å². The van der Waals surface area contributed by atoms with Crippen molar-refractivity contribution in [3.05, 3.63) is 70.0 Å². The van der Waals surface area contributed by atoms with Gasteiger partial charge in [0.1, 0.15) is 0 Å². The van der Waals surface area contributed by atoms with Crippen molar-refractivity contribution >= 4 is 34.8 Å². The lowest BCUT2D eigenvalue weighted by Crippen LogP contribution is -2.40. The average molecular weight is 434 g/mol. The summed E-state index contributed by atoms with van der Waals surface area (Å²) in [6, 6.07) is 12.2. The van der Waals surface area contributed by atoms with Gasteiger partial charge in [0, 0.05) is 30.7 Å². The van der Waals surface area contributed by atoms with Crippen LogP contribution >= 0.6 is 0 Å². The molecule has 3 amide bonds. The fourth-order valence-electron chi connectivity index (χ4n) is 3.45. The van der Waals surface area contributed by atoms with E-state index in [9.17, 15) is 24.5 Å². The van der Waals surface area contributed by atoms with Gasteiger partial charge in [0.2, 0.25) is 11.8 Å². The van der Waals surface area contributed by atoms with Crippen LogP contribution in [0.1, 0.15) is 35.4 Å². The number of carbonyl (C=O) groups excluding carboxylic acids is 3. The summed E-state index contributed by atoms with van der Waals surface area (Å²) in [7, 11) is 0. The molecule has 11 heteroatoms. The maximum absolute atomic E-state index is 12.7. The Morgan fingerprint density at radius 2 is 1.75 bits per heavy atom. The molecule has 0 aliphatic carbocycles. The molecule has 3 aromatic rings. The highest BCUT2D eigenvalue weighted by Crippen LogP contribution is 2.24. The number of nitrogens with zero attached hydrogens (tertiary/aromatic N) is 5. The summed E-state index contributed by atoms with van der Waals surface area (Å²) in [6.07, 6.45) is 1.20. The van der Waals surface area contributed by atoms with Crippen LogP contribution in [0.5, 0.6) is 0 Å². The van der Waals surface area contributed by atoms with E-state index in [4.69, 9.17) is 0 Å². The number of nitro groups is 1. The maximum Gasteiger partial charge on any atom is 0.278 e. The Morgan fingerprint density at radius 3 is 2.41 bits per heavy atom. The molecule has 32 heavy (non-hydrogen) atoms. The van der Waals surface area contributed by atoms with E-state index in [0.717, 1.165) is 4.90 Å². The molecule has 2 aromatic carbocycles. The molecule has 0 saturated carbocycles. The van der Waals surface area contributed by atoms with Gasteiger partial charge in [0.25, 0.3) is 11.6 Å². The standard InChI is InChI=1S/C21H18N6O5/c1-13-20(23-24-26(13)16-4-2-5-17(12-16)27(31)32)21(30)22-14-8-10-15(11-9-14)25-18(28)6-3-7-19(25)29/h2,4-5,8-12H,3,6-7H2,1H3,(H,22,30). The predicted molar refractivity (Wildman–Crippen MR) is 113 cm³/mol. The molecule has 1 aromatic heterocycles. The lowest BCUT2D eigenvalue weighted by atomic mass is 10.1. The van der Waals surface area contributed by atoms with E-state index in [-0.39, 0.29) is 23.2 Å². The number of hydrogen-bond acceptors (Lipinski definition) is 7. The van der Waals surface area contributed by atoms with Crippen molar-refractivity contribution in [3.63, 3.8) is 0 Å². The van der Waals surface area contributed by atoms with Crippen molar-refractivity contribution in [2.75, 3.05) is 10.2 Å². The first-order valence-electron chi connectivity index (χ1n) is 9.79. The van der Waals surface area contributed by atoms with E-state index >= 15 is 0 Å². The molecule has 4 rings (SSSR count). The highest BCUT2D eigenvalue weighted by molar-refractivity contribution is 6.16. The minimum Gasteiger partial charge on any atom is -0.321 e. The smallest absolute Gasteiger partial charge is 0.278 e. The van der Waals surface area contributed by atoms with Gasteiger partial charge in [-0.3, -0.25) is 29.4 Å². The second kappa shape index (κ2) is 8.38. The summed E-state index contributed by atoms with van der Waals surface area (Å²) in [5.41, 5.74) is 1.66. The molecule has 0 spiro atoms. The molecule has 1 fully saturated rings. The maximum atomic E-state index is 12.7. The van der Waals surface area contributed by atoms with Gasteiger partial charge in [-0.15, -0.1) is 5.10 Å². The van der Waals surface area contributed by atoms with E-state index < -0.39 is 10.8 Å². The van der Waals surface area contributed by atoms with E-state index in [1.54, 1.807) is 37.3 Å². The molecule has 1 N–H and O–H groups in total. The number of amides is 3. The number of non-ortho nitro benzene ring substituents is 1. The Morgan fingerprint density at radius 1 is 1.06 bits per heavy atom. The molecule has 11 nitrogen and oxygen atoms in total. The Balaban J connectivity index is 1.51.